The fraction of sp³-hybridized carbons (Fsp3) is 0.909. The van der Waals surface area contributed by atoms with Crippen LogP contribution in [0.15, 0.2) is 0 Å². The maximum atomic E-state index is 12.1. The van der Waals surface area contributed by atoms with Crippen LogP contribution in [0.1, 0.15) is 32.6 Å². The van der Waals surface area contributed by atoms with E-state index in [1.165, 1.54) is 6.92 Å². The summed E-state index contributed by atoms with van der Waals surface area (Å²) in [6.45, 7) is 1.86. The molecule has 0 aromatic rings. The molecule has 5 nitrogen and oxygen atoms in total. The molecule has 1 fully saturated rings. The molecule has 1 N–H and O–H groups in total. The van der Waals surface area contributed by atoms with E-state index in [0.717, 1.165) is 31.9 Å². The van der Waals surface area contributed by atoms with Crippen LogP contribution in [0, 0.1) is 0 Å². The summed E-state index contributed by atoms with van der Waals surface area (Å²) in [6.07, 6.45) is 4.69. The molecule has 0 aromatic heterocycles. The van der Waals surface area contributed by atoms with Crippen molar-refractivity contribution in [1.29, 1.82) is 0 Å². The molecule has 0 aliphatic carbocycles. The van der Waals surface area contributed by atoms with E-state index in [1.807, 2.05) is 0 Å². The minimum absolute atomic E-state index is 0.0950. The van der Waals surface area contributed by atoms with Crippen molar-refractivity contribution in [3.05, 3.63) is 0 Å². The second-order valence-corrected chi connectivity index (χ2v) is 7.06. The minimum Gasteiger partial charge on any atom is -0.394 e. The highest BCUT2D eigenvalue weighted by molar-refractivity contribution is 7.92. The number of sulfone groups is 1. The van der Waals surface area contributed by atoms with Gasteiger partial charge in [0.15, 0.2) is 9.84 Å². The predicted octanol–water partition coefficient (Wildman–Crippen LogP) is 0.183. The van der Waals surface area contributed by atoms with Crippen LogP contribution < -0.4 is 0 Å². The van der Waals surface area contributed by atoms with Crippen LogP contribution in [-0.2, 0) is 14.6 Å². The third kappa shape index (κ3) is 3.67. The first-order valence-corrected chi connectivity index (χ1v) is 7.93. The lowest BCUT2D eigenvalue weighted by Gasteiger charge is -2.30. The predicted molar refractivity (Wildman–Crippen MR) is 65.4 cm³/mol. The summed E-state index contributed by atoms with van der Waals surface area (Å²) in [5, 5.41) is 8.26. The Kier molecular flexibility index (Phi) is 4.94. The van der Waals surface area contributed by atoms with Crippen LogP contribution in [0.2, 0.25) is 0 Å². The van der Waals surface area contributed by atoms with Crippen molar-refractivity contribution in [2.45, 2.75) is 43.9 Å². The third-order valence-electron chi connectivity index (χ3n) is 3.36. The van der Waals surface area contributed by atoms with Crippen LogP contribution in [0.25, 0.3) is 0 Å². The number of aliphatic hydroxyl groups excluding tert-OH is 1. The summed E-state index contributed by atoms with van der Waals surface area (Å²) in [5.41, 5.74) is 0. The third-order valence-corrected chi connectivity index (χ3v) is 4.85. The van der Waals surface area contributed by atoms with Gasteiger partial charge < -0.3 is 10.0 Å². The molecule has 1 saturated heterocycles. The average Bonchev–Trinajstić information content (AvgIpc) is 2.50. The smallest absolute Gasteiger partial charge is 0.240 e. The summed E-state index contributed by atoms with van der Waals surface area (Å²) in [5.74, 6) is -0.381. The summed E-state index contributed by atoms with van der Waals surface area (Å²) in [4.78, 5) is 13.6. The molecule has 0 aromatic carbocycles. The first-order chi connectivity index (χ1) is 7.88. The maximum Gasteiger partial charge on any atom is 0.240 e. The highest BCUT2D eigenvalue weighted by Crippen LogP contribution is 2.18. The summed E-state index contributed by atoms with van der Waals surface area (Å²) in [7, 11) is -3.37. The zero-order valence-corrected chi connectivity index (χ0v) is 11.2. The number of carbonyl (C=O) groups excluding carboxylic acids is 1. The van der Waals surface area contributed by atoms with Gasteiger partial charge >= 0.3 is 0 Å². The standard InChI is InChI=1S/C11H21NO4S/c1-9(17(2,15)16)11(14)12-7-5-3-4-6-10(12)8-13/h9-10,13H,3-8H2,1-2H3. The summed E-state index contributed by atoms with van der Waals surface area (Å²) < 4.78 is 22.8. The Morgan fingerprint density at radius 2 is 2.06 bits per heavy atom. The molecule has 2 unspecified atom stereocenters. The largest absolute Gasteiger partial charge is 0.394 e. The fourth-order valence-electron chi connectivity index (χ4n) is 2.07. The molecule has 1 aliphatic heterocycles. The Hall–Kier alpha value is -0.620. The Morgan fingerprint density at radius 3 is 2.59 bits per heavy atom. The molecule has 1 rings (SSSR count). The van der Waals surface area contributed by atoms with Gasteiger partial charge in [-0.2, -0.15) is 0 Å². The lowest BCUT2D eigenvalue weighted by atomic mass is 10.1. The van der Waals surface area contributed by atoms with Crippen LogP contribution in [0.4, 0.5) is 0 Å². The van der Waals surface area contributed by atoms with Gasteiger partial charge in [0.05, 0.1) is 12.6 Å². The van der Waals surface area contributed by atoms with Gasteiger partial charge in [-0.3, -0.25) is 4.79 Å². The molecule has 1 aliphatic rings. The number of nitrogens with zero attached hydrogens (tertiary/aromatic N) is 1. The first-order valence-electron chi connectivity index (χ1n) is 5.98. The van der Waals surface area contributed by atoms with Gasteiger partial charge in [0.25, 0.3) is 0 Å². The fourth-order valence-corrected chi connectivity index (χ4v) is 2.58. The molecule has 6 heteroatoms. The van der Waals surface area contributed by atoms with Gasteiger partial charge in [0.2, 0.25) is 5.91 Å². The second kappa shape index (κ2) is 5.82. The number of likely N-dealkylation sites (tertiary alicyclic amines) is 1. The van der Waals surface area contributed by atoms with Crippen molar-refractivity contribution in [3.8, 4) is 0 Å². The van der Waals surface area contributed by atoms with E-state index in [2.05, 4.69) is 0 Å². The zero-order valence-electron chi connectivity index (χ0n) is 10.4. The topological polar surface area (TPSA) is 74.7 Å². The molecule has 0 radical (unpaired) electrons. The highest BCUT2D eigenvalue weighted by Gasteiger charge is 2.32. The molecule has 2 atom stereocenters. The van der Waals surface area contributed by atoms with Gasteiger partial charge in [-0.25, -0.2) is 8.42 Å². The molecule has 0 saturated carbocycles. The number of rotatable bonds is 3. The number of aliphatic hydroxyl groups is 1. The molecule has 17 heavy (non-hydrogen) atoms. The van der Waals surface area contributed by atoms with Gasteiger partial charge in [0.1, 0.15) is 5.25 Å². The number of hydrogen-bond donors (Lipinski definition) is 1. The van der Waals surface area contributed by atoms with E-state index in [1.54, 1.807) is 4.90 Å². The highest BCUT2D eigenvalue weighted by atomic mass is 32.2. The van der Waals surface area contributed by atoms with Crippen LogP contribution in [0.5, 0.6) is 0 Å². The molecule has 1 heterocycles. The van der Waals surface area contributed by atoms with E-state index in [-0.39, 0.29) is 18.6 Å². The molecule has 100 valence electrons. The quantitative estimate of drug-likeness (QED) is 0.788. The SMILES string of the molecule is CC(C(=O)N1CCCCCC1CO)S(C)(=O)=O. The molecule has 0 bridgehead atoms. The van der Waals surface area contributed by atoms with E-state index in [0.29, 0.717) is 6.54 Å². The van der Waals surface area contributed by atoms with Crippen molar-refractivity contribution >= 4 is 15.7 Å². The molecule has 1 amide bonds. The molecular formula is C11H21NO4S. The van der Waals surface area contributed by atoms with Crippen molar-refractivity contribution in [2.75, 3.05) is 19.4 Å². The van der Waals surface area contributed by atoms with Crippen LogP contribution in [-0.4, -0.2) is 55.0 Å². The Bertz CT molecular complexity index is 366. The Morgan fingerprint density at radius 1 is 1.41 bits per heavy atom. The van der Waals surface area contributed by atoms with Crippen LogP contribution in [0.3, 0.4) is 0 Å². The van der Waals surface area contributed by atoms with Gasteiger partial charge in [-0.15, -0.1) is 0 Å². The minimum atomic E-state index is -3.37. The lowest BCUT2D eigenvalue weighted by molar-refractivity contribution is -0.133. The Balaban J connectivity index is 2.84. The van der Waals surface area contributed by atoms with Gasteiger partial charge in [-0.1, -0.05) is 12.8 Å². The maximum absolute atomic E-state index is 12.1. The molecule has 0 spiro atoms. The van der Waals surface area contributed by atoms with Crippen LogP contribution >= 0.6 is 0 Å². The van der Waals surface area contributed by atoms with Crippen molar-refractivity contribution in [2.24, 2.45) is 0 Å². The lowest BCUT2D eigenvalue weighted by Crippen LogP contribution is -2.48. The summed E-state index contributed by atoms with van der Waals surface area (Å²) in [6, 6.07) is -0.228. The zero-order chi connectivity index (χ0) is 13.1. The van der Waals surface area contributed by atoms with Crippen molar-refractivity contribution in [3.63, 3.8) is 0 Å². The van der Waals surface area contributed by atoms with Crippen molar-refractivity contribution < 1.29 is 18.3 Å². The number of amides is 1. The Labute approximate surface area is 103 Å². The normalized spacial score (nSPS) is 24.2. The van der Waals surface area contributed by atoms with Crippen molar-refractivity contribution in [1.82, 2.24) is 4.90 Å². The van der Waals surface area contributed by atoms with E-state index in [9.17, 15) is 18.3 Å². The van der Waals surface area contributed by atoms with Gasteiger partial charge in [0, 0.05) is 12.8 Å². The molecular weight excluding hydrogens is 242 g/mol. The second-order valence-electron chi connectivity index (χ2n) is 4.69. The first kappa shape index (κ1) is 14.4. The van der Waals surface area contributed by atoms with Gasteiger partial charge in [-0.05, 0) is 19.8 Å². The van der Waals surface area contributed by atoms with E-state index >= 15 is 0 Å². The summed E-state index contributed by atoms with van der Waals surface area (Å²) >= 11 is 0. The number of carbonyl (C=O) groups is 1. The van der Waals surface area contributed by atoms with E-state index in [4.69, 9.17) is 0 Å². The monoisotopic (exact) mass is 263 g/mol. The van der Waals surface area contributed by atoms with E-state index < -0.39 is 15.1 Å². The number of hydrogen-bond acceptors (Lipinski definition) is 4. The average molecular weight is 263 g/mol.